The molecule has 1 heterocycles. The SMILES string of the molecule is Cc1sc(CNc2ccc(OC(F)F)cc2)cc1Br. The van der Waals surface area contributed by atoms with Gasteiger partial charge in [-0.25, -0.2) is 0 Å². The van der Waals surface area contributed by atoms with E-state index in [4.69, 9.17) is 0 Å². The molecule has 0 unspecified atom stereocenters. The molecule has 0 aliphatic heterocycles. The molecule has 19 heavy (non-hydrogen) atoms. The number of nitrogens with one attached hydrogen (secondary N) is 1. The van der Waals surface area contributed by atoms with Crippen LogP contribution in [0.1, 0.15) is 9.75 Å². The molecule has 0 amide bonds. The van der Waals surface area contributed by atoms with Gasteiger partial charge in [0, 0.05) is 26.5 Å². The standard InChI is InChI=1S/C13H12BrF2NOS/c1-8-12(14)6-11(19-8)7-17-9-2-4-10(5-3-9)18-13(15)16/h2-6,13,17H,7H2,1H3. The van der Waals surface area contributed by atoms with Crippen molar-refractivity contribution in [2.75, 3.05) is 5.32 Å². The van der Waals surface area contributed by atoms with E-state index in [-0.39, 0.29) is 5.75 Å². The van der Waals surface area contributed by atoms with Gasteiger partial charge in [-0.05, 0) is 53.2 Å². The van der Waals surface area contributed by atoms with Crippen LogP contribution in [0, 0.1) is 6.92 Å². The van der Waals surface area contributed by atoms with Crippen molar-refractivity contribution in [3.63, 3.8) is 0 Å². The molecule has 2 aromatic rings. The smallest absolute Gasteiger partial charge is 0.387 e. The molecule has 6 heteroatoms. The van der Waals surface area contributed by atoms with E-state index in [0.29, 0.717) is 6.54 Å². The Kier molecular flexibility index (Phi) is 4.76. The van der Waals surface area contributed by atoms with Crippen LogP contribution in [-0.2, 0) is 6.54 Å². The van der Waals surface area contributed by atoms with Crippen molar-refractivity contribution in [3.8, 4) is 5.75 Å². The van der Waals surface area contributed by atoms with Crippen LogP contribution in [0.4, 0.5) is 14.5 Å². The highest BCUT2D eigenvalue weighted by atomic mass is 79.9. The molecule has 0 radical (unpaired) electrons. The summed E-state index contributed by atoms with van der Waals surface area (Å²) in [6, 6.07) is 8.54. The number of halogens is 3. The van der Waals surface area contributed by atoms with Crippen molar-refractivity contribution in [3.05, 3.63) is 44.6 Å². The highest BCUT2D eigenvalue weighted by molar-refractivity contribution is 9.10. The highest BCUT2D eigenvalue weighted by Crippen LogP contribution is 2.27. The summed E-state index contributed by atoms with van der Waals surface area (Å²) in [6.45, 7) is -0.0359. The number of aryl methyl sites for hydroxylation is 1. The molecule has 0 saturated heterocycles. The number of alkyl halides is 2. The van der Waals surface area contributed by atoms with Crippen LogP contribution in [0.5, 0.6) is 5.75 Å². The number of rotatable bonds is 5. The monoisotopic (exact) mass is 347 g/mol. The summed E-state index contributed by atoms with van der Waals surface area (Å²) >= 11 is 5.18. The van der Waals surface area contributed by atoms with Crippen LogP contribution in [0.25, 0.3) is 0 Å². The number of hydrogen-bond donors (Lipinski definition) is 1. The Hall–Kier alpha value is -1.14. The lowest BCUT2D eigenvalue weighted by molar-refractivity contribution is -0.0498. The van der Waals surface area contributed by atoms with Crippen LogP contribution in [0.3, 0.4) is 0 Å². The fraction of sp³-hybridized carbons (Fsp3) is 0.231. The van der Waals surface area contributed by atoms with Gasteiger partial charge in [0.15, 0.2) is 0 Å². The molecule has 102 valence electrons. The first kappa shape index (κ1) is 14.3. The van der Waals surface area contributed by atoms with Gasteiger partial charge >= 0.3 is 6.61 Å². The van der Waals surface area contributed by atoms with Gasteiger partial charge in [-0.15, -0.1) is 11.3 Å². The predicted octanol–water partition coefficient (Wildman–Crippen LogP) is 5.03. The topological polar surface area (TPSA) is 21.3 Å². The fourth-order valence-electron chi connectivity index (χ4n) is 1.55. The minimum absolute atomic E-state index is 0.162. The number of ether oxygens (including phenoxy) is 1. The average Bonchev–Trinajstić information content (AvgIpc) is 2.67. The third-order valence-corrected chi connectivity index (χ3v) is 4.59. The van der Waals surface area contributed by atoms with E-state index in [1.807, 2.05) is 0 Å². The summed E-state index contributed by atoms with van der Waals surface area (Å²) in [5.74, 6) is 0.162. The Morgan fingerprint density at radius 1 is 1.32 bits per heavy atom. The summed E-state index contributed by atoms with van der Waals surface area (Å²) < 4.78 is 29.4. The molecule has 0 aliphatic rings. The average molecular weight is 348 g/mol. The van der Waals surface area contributed by atoms with Gasteiger partial charge in [0.05, 0.1) is 0 Å². The first-order valence-electron chi connectivity index (χ1n) is 5.58. The molecule has 0 aliphatic carbocycles. The van der Waals surface area contributed by atoms with Crippen LogP contribution < -0.4 is 10.1 Å². The summed E-state index contributed by atoms with van der Waals surface area (Å²) in [6.07, 6.45) is 0. The zero-order chi connectivity index (χ0) is 13.8. The van der Waals surface area contributed by atoms with E-state index < -0.39 is 6.61 Å². The van der Waals surface area contributed by atoms with E-state index in [9.17, 15) is 8.78 Å². The Labute approximate surface area is 122 Å². The first-order chi connectivity index (χ1) is 9.04. The summed E-state index contributed by atoms with van der Waals surface area (Å²) in [4.78, 5) is 2.44. The van der Waals surface area contributed by atoms with E-state index in [0.717, 1.165) is 10.2 Å². The fourth-order valence-corrected chi connectivity index (χ4v) is 3.09. The molecule has 0 atom stereocenters. The number of anilines is 1. The molecule has 1 aromatic carbocycles. The predicted molar refractivity (Wildman–Crippen MR) is 77.2 cm³/mol. The van der Waals surface area contributed by atoms with Gasteiger partial charge in [-0.2, -0.15) is 8.78 Å². The van der Waals surface area contributed by atoms with Gasteiger partial charge in [-0.3, -0.25) is 0 Å². The molecule has 1 N–H and O–H groups in total. The van der Waals surface area contributed by atoms with Crippen molar-refractivity contribution in [2.24, 2.45) is 0 Å². The highest BCUT2D eigenvalue weighted by Gasteiger charge is 2.05. The van der Waals surface area contributed by atoms with Crippen LogP contribution in [0.15, 0.2) is 34.8 Å². The van der Waals surface area contributed by atoms with Gasteiger partial charge in [0.25, 0.3) is 0 Å². The summed E-state index contributed by atoms with van der Waals surface area (Å²) in [5.41, 5.74) is 0.865. The van der Waals surface area contributed by atoms with Gasteiger partial charge in [-0.1, -0.05) is 0 Å². The first-order valence-corrected chi connectivity index (χ1v) is 7.19. The summed E-state index contributed by atoms with van der Waals surface area (Å²) in [7, 11) is 0. The lowest BCUT2D eigenvalue weighted by Crippen LogP contribution is -2.02. The minimum Gasteiger partial charge on any atom is -0.435 e. The molecule has 0 fully saturated rings. The van der Waals surface area contributed by atoms with Crippen molar-refractivity contribution in [2.45, 2.75) is 20.1 Å². The second kappa shape index (κ2) is 6.34. The lowest BCUT2D eigenvalue weighted by atomic mass is 10.3. The molecular weight excluding hydrogens is 336 g/mol. The zero-order valence-electron chi connectivity index (χ0n) is 10.1. The second-order valence-corrected chi connectivity index (χ2v) is 6.07. The zero-order valence-corrected chi connectivity index (χ0v) is 12.5. The van der Waals surface area contributed by atoms with E-state index >= 15 is 0 Å². The van der Waals surface area contributed by atoms with Gasteiger partial charge < -0.3 is 10.1 Å². The van der Waals surface area contributed by atoms with Crippen molar-refractivity contribution < 1.29 is 13.5 Å². The quantitative estimate of drug-likeness (QED) is 0.818. The molecule has 0 bridgehead atoms. The largest absolute Gasteiger partial charge is 0.435 e. The second-order valence-electron chi connectivity index (χ2n) is 3.87. The number of thiophene rings is 1. The van der Waals surface area contributed by atoms with E-state index in [1.165, 1.54) is 21.9 Å². The Morgan fingerprint density at radius 3 is 2.53 bits per heavy atom. The van der Waals surface area contributed by atoms with Crippen LogP contribution >= 0.6 is 27.3 Å². The third kappa shape index (κ3) is 4.18. The lowest BCUT2D eigenvalue weighted by Gasteiger charge is -2.07. The molecular formula is C13H12BrF2NOS. The van der Waals surface area contributed by atoms with Crippen LogP contribution in [-0.4, -0.2) is 6.61 Å². The van der Waals surface area contributed by atoms with E-state index in [1.54, 1.807) is 23.5 Å². The number of benzene rings is 1. The third-order valence-electron chi connectivity index (χ3n) is 2.45. The van der Waals surface area contributed by atoms with Crippen molar-refractivity contribution in [1.29, 1.82) is 0 Å². The van der Waals surface area contributed by atoms with Crippen molar-refractivity contribution in [1.82, 2.24) is 0 Å². The Balaban J connectivity index is 1.92. The minimum atomic E-state index is -2.79. The maximum absolute atomic E-state index is 12.0. The molecule has 0 saturated carbocycles. The van der Waals surface area contributed by atoms with Gasteiger partial charge in [0.2, 0.25) is 0 Å². The maximum atomic E-state index is 12.0. The Bertz CT molecular complexity index is 523. The molecule has 1 aromatic heterocycles. The summed E-state index contributed by atoms with van der Waals surface area (Å²) in [5, 5.41) is 3.23. The van der Waals surface area contributed by atoms with E-state index in [2.05, 4.69) is 39.0 Å². The van der Waals surface area contributed by atoms with Gasteiger partial charge in [0.1, 0.15) is 5.75 Å². The Morgan fingerprint density at radius 2 is 2.00 bits per heavy atom. The maximum Gasteiger partial charge on any atom is 0.387 e. The molecule has 2 rings (SSSR count). The normalized spacial score (nSPS) is 10.8. The van der Waals surface area contributed by atoms with Crippen LogP contribution in [0.2, 0.25) is 0 Å². The van der Waals surface area contributed by atoms with Crippen molar-refractivity contribution >= 4 is 33.0 Å². The molecule has 2 nitrogen and oxygen atoms in total. The number of hydrogen-bond acceptors (Lipinski definition) is 3. The molecule has 0 spiro atoms.